The number of rotatable bonds is 1. The average molecular weight is 243 g/mol. The van der Waals surface area contributed by atoms with Gasteiger partial charge in [-0.3, -0.25) is 4.79 Å². The molecule has 0 saturated heterocycles. The number of alkyl halides is 3. The molecule has 6 heteroatoms. The molecule has 0 atom stereocenters. The van der Waals surface area contributed by atoms with Crippen molar-refractivity contribution in [2.45, 2.75) is 6.18 Å². The van der Waals surface area contributed by atoms with E-state index in [0.717, 1.165) is 12.1 Å². The standard InChI is InChI=1S/C8H3Cl2F3O/c9-6-2-1-5(8(11,12)13)7(10)4(6)3-14/h1-3H. The number of halogens is 5. The van der Waals surface area contributed by atoms with Crippen LogP contribution < -0.4 is 0 Å². The first-order valence-electron chi connectivity index (χ1n) is 3.38. The van der Waals surface area contributed by atoms with E-state index in [1.165, 1.54) is 0 Å². The fraction of sp³-hybridized carbons (Fsp3) is 0.125. The number of carbonyl (C=O) groups excluding carboxylic acids is 1. The second-order valence-corrected chi connectivity index (χ2v) is 3.22. The van der Waals surface area contributed by atoms with Crippen LogP contribution in [0.25, 0.3) is 0 Å². The Bertz CT molecular complexity index is 374. The highest BCUT2D eigenvalue weighted by molar-refractivity contribution is 6.39. The Morgan fingerprint density at radius 3 is 2.21 bits per heavy atom. The molecule has 76 valence electrons. The van der Waals surface area contributed by atoms with E-state index in [4.69, 9.17) is 23.2 Å². The molecule has 0 aliphatic heterocycles. The first-order valence-corrected chi connectivity index (χ1v) is 4.14. The summed E-state index contributed by atoms with van der Waals surface area (Å²) in [4.78, 5) is 10.4. The molecule has 0 unspecified atom stereocenters. The summed E-state index contributed by atoms with van der Waals surface area (Å²) >= 11 is 10.8. The topological polar surface area (TPSA) is 17.1 Å². The molecule has 0 aromatic heterocycles. The van der Waals surface area contributed by atoms with Crippen molar-refractivity contribution in [3.8, 4) is 0 Å². The summed E-state index contributed by atoms with van der Waals surface area (Å²) < 4.78 is 36.8. The van der Waals surface area contributed by atoms with E-state index in [0.29, 0.717) is 0 Å². The van der Waals surface area contributed by atoms with Gasteiger partial charge in [0.15, 0.2) is 6.29 Å². The molecule has 0 aliphatic rings. The van der Waals surface area contributed by atoms with Crippen LogP contribution in [0.2, 0.25) is 10.0 Å². The van der Waals surface area contributed by atoms with Crippen molar-refractivity contribution in [2.24, 2.45) is 0 Å². The fourth-order valence-corrected chi connectivity index (χ4v) is 1.46. The third kappa shape index (κ3) is 2.01. The molecule has 0 N–H and O–H groups in total. The lowest BCUT2D eigenvalue weighted by Gasteiger charge is -2.10. The van der Waals surface area contributed by atoms with Gasteiger partial charge in [-0.15, -0.1) is 0 Å². The van der Waals surface area contributed by atoms with Crippen LogP contribution in [0.1, 0.15) is 15.9 Å². The van der Waals surface area contributed by atoms with E-state index in [1.807, 2.05) is 0 Å². The largest absolute Gasteiger partial charge is 0.417 e. The zero-order valence-corrected chi connectivity index (χ0v) is 8.04. The highest BCUT2D eigenvalue weighted by Crippen LogP contribution is 2.37. The third-order valence-corrected chi connectivity index (χ3v) is 2.29. The molecule has 0 amide bonds. The third-order valence-electron chi connectivity index (χ3n) is 1.55. The van der Waals surface area contributed by atoms with Crippen molar-refractivity contribution in [1.29, 1.82) is 0 Å². The Hall–Kier alpha value is -0.740. The van der Waals surface area contributed by atoms with Crippen LogP contribution >= 0.6 is 23.2 Å². The van der Waals surface area contributed by atoms with Crippen molar-refractivity contribution in [1.82, 2.24) is 0 Å². The van der Waals surface area contributed by atoms with Crippen LogP contribution in [0.3, 0.4) is 0 Å². The molecule has 1 aromatic rings. The minimum Gasteiger partial charge on any atom is -0.298 e. The van der Waals surface area contributed by atoms with Crippen LogP contribution in [0.4, 0.5) is 13.2 Å². The summed E-state index contributed by atoms with van der Waals surface area (Å²) in [6, 6.07) is 1.72. The van der Waals surface area contributed by atoms with Crippen molar-refractivity contribution in [3.63, 3.8) is 0 Å². The fourth-order valence-electron chi connectivity index (χ4n) is 0.896. The lowest BCUT2D eigenvalue weighted by molar-refractivity contribution is -0.137. The molecule has 0 fully saturated rings. The van der Waals surface area contributed by atoms with Gasteiger partial charge in [-0.25, -0.2) is 0 Å². The van der Waals surface area contributed by atoms with Crippen LogP contribution in [0.15, 0.2) is 12.1 Å². The van der Waals surface area contributed by atoms with Crippen molar-refractivity contribution in [3.05, 3.63) is 33.3 Å². The Morgan fingerprint density at radius 2 is 1.79 bits per heavy atom. The van der Waals surface area contributed by atoms with Crippen LogP contribution in [-0.2, 0) is 6.18 Å². The number of hydrogen-bond donors (Lipinski definition) is 0. The van der Waals surface area contributed by atoms with Crippen molar-refractivity contribution >= 4 is 29.5 Å². The molecule has 0 saturated carbocycles. The zero-order valence-electron chi connectivity index (χ0n) is 6.53. The molecular weight excluding hydrogens is 240 g/mol. The molecule has 0 radical (unpaired) electrons. The monoisotopic (exact) mass is 242 g/mol. The number of benzene rings is 1. The van der Waals surface area contributed by atoms with E-state index >= 15 is 0 Å². The van der Waals surface area contributed by atoms with Crippen molar-refractivity contribution < 1.29 is 18.0 Å². The lowest BCUT2D eigenvalue weighted by atomic mass is 10.1. The van der Waals surface area contributed by atoms with Gasteiger partial charge in [-0.2, -0.15) is 13.2 Å². The maximum Gasteiger partial charge on any atom is 0.417 e. The van der Waals surface area contributed by atoms with E-state index in [9.17, 15) is 18.0 Å². The molecule has 0 bridgehead atoms. The Kier molecular flexibility index (Phi) is 3.07. The maximum atomic E-state index is 12.3. The van der Waals surface area contributed by atoms with E-state index < -0.39 is 16.8 Å². The summed E-state index contributed by atoms with van der Waals surface area (Å²) in [6.45, 7) is 0. The zero-order chi connectivity index (χ0) is 10.9. The van der Waals surface area contributed by atoms with Crippen LogP contribution in [0, 0.1) is 0 Å². The SMILES string of the molecule is O=Cc1c(Cl)ccc(C(F)(F)F)c1Cl. The van der Waals surface area contributed by atoms with Crippen LogP contribution in [0.5, 0.6) is 0 Å². The Balaban J connectivity index is 3.43. The molecule has 0 spiro atoms. The van der Waals surface area contributed by atoms with Gasteiger partial charge in [-0.05, 0) is 12.1 Å². The minimum absolute atomic E-state index is 0.0991. The summed E-state index contributed by atoms with van der Waals surface area (Å²) in [6.07, 6.45) is -4.39. The Morgan fingerprint density at radius 1 is 1.21 bits per heavy atom. The normalized spacial score (nSPS) is 11.5. The smallest absolute Gasteiger partial charge is 0.298 e. The predicted octanol–water partition coefficient (Wildman–Crippen LogP) is 3.82. The lowest BCUT2D eigenvalue weighted by Crippen LogP contribution is -2.07. The molecule has 0 heterocycles. The number of aldehydes is 1. The van der Waals surface area contributed by atoms with Gasteiger partial charge in [0.2, 0.25) is 0 Å². The predicted molar refractivity (Wildman–Crippen MR) is 46.9 cm³/mol. The highest BCUT2D eigenvalue weighted by atomic mass is 35.5. The number of hydrogen-bond acceptors (Lipinski definition) is 1. The molecule has 1 rings (SSSR count). The van der Waals surface area contributed by atoms with Gasteiger partial charge >= 0.3 is 6.18 Å². The summed E-state index contributed by atoms with van der Waals surface area (Å²) in [7, 11) is 0. The Labute approximate surface area is 87.4 Å². The minimum atomic E-state index is -4.58. The summed E-state index contributed by atoms with van der Waals surface area (Å²) in [5, 5.41) is -0.766. The maximum absolute atomic E-state index is 12.3. The highest BCUT2D eigenvalue weighted by Gasteiger charge is 2.34. The van der Waals surface area contributed by atoms with Crippen LogP contribution in [-0.4, -0.2) is 6.29 Å². The molecular formula is C8H3Cl2F3O. The van der Waals surface area contributed by atoms with Crippen molar-refractivity contribution in [2.75, 3.05) is 0 Å². The van der Waals surface area contributed by atoms with E-state index in [2.05, 4.69) is 0 Å². The van der Waals surface area contributed by atoms with Gasteiger partial charge in [0, 0.05) is 0 Å². The first-order chi connectivity index (χ1) is 6.38. The van der Waals surface area contributed by atoms with Gasteiger partial charge in [0.05, 0.1) is 21.2 Å². The molecule has 1 aromatic carbocycles. The molecule has 0 aliphatic carbocycles. The second-order valence-electron chi connectivity index (χ2n) is 2.44. The van der Waals surface area contributed by atoms with Gasteiger partial charge in [0.25, 0.3) is 0 Å². The molecule has 1 nitrogen and oxygen atoms in total. The molecule has 14 heavy (non-hydrogen) atoms. The first kappa shape index (κ1) is 11.3. The number of carbonyl (C=O) groups is 1. The van der Waals surface area contributed by atoms with Gasteiger partial charge in [-0.1, -0.05) is 23.2 Å². The van der Waals surface area contributed by atoms with Gasteiger partial charge in [0.1, 0.15) is 0 Å². The van der Waals surface area contributed by atoms with E-state index in [1.54, 1.807) is 0 Å². The van der Waals surface area contributed by atoms with E-state index in [-0.39, 0.29) is 16.9 Å². The quantitative estimate of drug-likeness (QED) is 0.685. The summed E-state index contributed by atoms with van der Waals surface area (Å²) in [5.41, 5.74) is -1.41. The average Bonchev–Trinajstić information content (AvgIpc) is 2.02. The second kappa shape index (κ2) is 3.79. The van der Waals surface area contributed by atoms with Gasteiger partial charge < -0.3 is 0 Å². The summed E-state index contributed by atoms with van der Waals surface area (Å²) in [5.74, 6) is 0.